The van der Waals surface area contributed by atoms with Gasteiger partial charge in [0, 0.05) is 13.0 Å². The van der Waals surface area contributed by atoms with Crippen LogP contribution < -0.4 is 16.4 Å². The maximum atomic E-state index is 12.9. The van der Waals surface area contributed by atoms with E-state index in [0.29, 0.717) is 12.0 Å². The molecule has 0 saturated heterocycles. The number of amides is 2. The predicted octanol–water partition coefficient (Wildman–Crippen LogP) is 1.66. The second kappa shape index (κ2) is 11.0. The molecule has 0 aliphatic carbocycles. The van der Waals surface area contributed by atoms with Crippen LogP contribution in [0.4, 0.5) is 0 Å². The van der Waals surface area contributed by atoms with Gasteiger partial charge in [0.1, 0.15) is 17.8 Å². The SMILES string of the molecule is CC(C)CC(NC(=O)C(CN)C(C)(C)C)C(=O)NC(Cc1ccc(O)cc1)C(=O)O. The Morgan fingerprint density at radius 3 is 1.97 bits per heavy atom. The van der Waals surface area contributed by atoms with E-state index in [2.05, 4.69) is 10.6 Å². The summed E-state index contributed by atoms with van der Waals surface area (Å²) in [6, 6.07) is 4.08. The van der Waals surface area contributed by atoms with Crippen LogP contribution >= 0.6 is 0 Å². The number of aromatic hydroxyl groups is 1. The lowest BCUT2D eigenvalue weighted by Crippen LogP contribution is -2.55. The fourth-order valence-corrected chi connectivity index (χ4v) is 3.17. The highest BCUT2D eigenvalue weighted by atomic mass is 16.4. The minimum absolute atomic E-state index is 0.0527. The number of phenolic OH excluding ortho intramolecular Hbond substituents is 1. The van der Waals surface area contributed by atoms with Crippen molar-refractivity contribution in [2.24, 2.45) is 23.0 Å². The number of benzene rings is 1. The van der Waals surface area contributed by atoms with E-state index in [1.807, 2.05) is 34.6 Å². The molecule has 0 saturated carbocycles. The number of carboxylic acid groups (broad SMARTS) is 1. The van der Waals surface area contributed by atoms with Gasteiger partial charge in [-0.05, 0) is 35.4 Å². The van der Waals surface area contributed by atoms with Crippen LogP contribution in [0, 0.1) is 17.3 Å². The zero-order valence-electron chi connectivity index (χ0n) is 18.4. The molecule has 8 heteroatoms. The van der Waals surface area contributed by atoms with Gasteiger partial charge in [-0.2, -0.15) is 0 Å². The second-order valence-electron chi connectivity index (χ2n) is 9.12. The molecule has 1 rings (SSSR count). The van der Waals surface area contributed by atoms with Crippen molar-refractivity contribution in [2.45, 2.75) is 59.5 Å². The number of aliphatic carboxylic acids is 1. The van der Waals surface area contributed by atoms with Crippen LogP contribution in [-0.2, 0) is 20.8 Å². The summed E-state index contributed by atoms with van der Waals surface area (Å²) in [7, 11) is 0. The Morgan fingerprint density at radius 2 is 1.53 bits per heavy atom. The van der Waals surface area contributed by atoms with Crippen LogP contribution in [0.1, 0.15) is 46.6 Å². The van der Waals surface area contributed by atoms with E-state index in [1.54, 1.807) is 12.1 Å². The molecule has 1 aromatic carbocycles. The first-order valence-corrected chi connectivity index (χ1v) is 10.2. The monoisotopic (exact) mass is 421 g/mol. The largest absolute Gasteiger partial charge is 0.508 e. The zero-order chi connectivity index (χ0) is 23.1. The molecule has 0 aromatic heterocycles. The van der Waals surface area contributed by atoms with Crippen molar-refractivity contribution in [1.29, 1.82) is 0 Å². The van der Waals surface area contributed by atoms with Crippen LogP contribution in [0.15, 0.2) is 24.3 Å². The van der Waals surface area contributed by atoms with Crippen LogP contribution in [0.5, 0.6) is 5.75 Å². The number of nitrogens with one attached hydrogen (secondary N) is 2. The molecule has 0 radical (unpaired) electrons. The van der Waals surface area contributed by atoms with Crippen LogP contribution in [0.3, 0.4) is 0 Å². The highest BCUT2D eigenvalue weighted by molar-refractivity contribution is 5.91. The predicted molar refractivity (Wildman–Crippen MR) is 115 cm³/mol. The van der Waals surface area contributed by atoms with E-state index >= 15 is 0 Å². The average Bonchev–Trinajstić information content (AvgIpc) is 2.61. The van der Waals surface area contributed by atoms with E-state index in [1.165, 1.54) is 12.1 Å². The summed E-state index contributed by atoms with van der Waals surface area (Å²) >= 11 is 0. The number of carboxylic acids is 1. The van der Waals surface area contributed by atoms with Crippen molar-refractivity contribution in [2.75, 3.05) is 6.54 Å². The molecular formula is C22H35N3O5. The standard InChI is InChI=1S/C22H35N3O5/c1-13(2)10-17(24-19(27)16(12-23)22(3,4)5)20(28)25-18(21(29)30)11-14-6-8-15(26)9-7-14/h6-9,13,16-18,26H,10-12,23H2,1-5H3,(H,24,27)(H,25,28)(H,29,30). The lowest BCUT2D eigenvalue weighted by molar-refractivity contribution is -0.142. The van der Waals surface area contributed by atoms with Gasteiger partial charge in [0.2, 0.25) is 11.8 Å². The number of nitrogens with two attached hydrogens (primary N) is 1. The molecule has 2 amide bonds. The minimum Gasteiger partial charge on any atom is -0.508 e. The van der Waals surface area contributed by atoms with Crippen LogP contribution in [0.25, 0.3) is 0 Å². The third-order valence-corrected chi connectivity index (χ3v) is 4.93. The molecule has 3 atom stereocenters. The van der Waals surface area contributed by atoms with Crippen molar-refractivity contribution >= 4 is 17.8 Å². The van der Waals surface area contributed by atoms with Gasteiger partial charge in [0.25, 0.3) is 0 Å². The number of hydrogen-bond acceptors (Lipinski definition) is 5. The molecule has 168 valence electrons. The van der Waals surface area contributed by atoms with Crippen molar-refractivity contribution < 1.29 is 24.6 Å². The normalized spacial score (nSPS) is 14.6. The molecule has 3 unspecified atom stereocenters. The Hall–Kier alpha value is -2.61. The molecule has 8 nitrogen and oxygen atoms in total. The maximum Gasteiger partial charge on any atom is 0.326 e. The first-order chi connectivity index (χ1) is 13.8. The number of carbonyl (C=O) groups is 3. The number of rotatable bonds is 10. The average molecular weight is 422 g/mol. The highest BCUT2D eigenvalue weighted by Gasteiger charge is 2.33. The lowest BCUT2D eigenvalue weighted by Gasteiger charge is -2.31. The molecule has 0 heterocycles. The maximum absolute atomic E-state index is 12.9. The quantitative estimate of drug-likeness (QED) is 0.389. The van der Waals surface area contributed by atoms with Crippen molar-refractivity contribution in [3.05, 3.63) is 29.8 Å². The topological polar surface area (TPSA) is 142 Å². The summed E-state index contributed by atoms with van der Waals surface area (Å²) in [4.78, 5) is 37.3. The first-order valence-electron chi connectivity index (χ1n) is 10.2. The van der Waals surface area contributed by atoms with E-state index in [9.17, 15) is 24.6 Å². The van der Waals surface area contributed by atoms with Crippen LogP contribution in [-0.4, -0.2) is 46.6 Å². The Bertz CT molecular complexity index is 725. The lowest BCUT2D eigenvalue weighted by atomic mass is 9.80. The fraction of sp³-hybridized carbons (Fsp3) is 0.591. The summed E-state index contributed by atoms with van der Waals surface area (Å²) in [5, 5.41) is 24.2. The van der Waals surface area contributed by atoms with Gasteiger partial charge in [-0.1, -0.05) is 46.8 Å². The third kappa shape index (κ3) is 8.02. The van der Waals surface area contributed by atoms with Gasteiger partial charge < -0.3 is 26.6 Å². The zero-order valence-corrected chi connectivity index (χ0v) is 18.4. The molecule has 0 fully saturated rings. The fourth-order valence-electron chi connectivity index (χ4n) is 3.17. The van der Waals surface area contributed by atoms with E-state index in [-0.39, 0.29) is 36.0 Å². The Balaban J connectivity index is 2.95. The number of carbonyl (C=O) groups excluding carboxylic acids is 2. The van der Waals surface area contributed by atoms with Crippen molar-refractivity contribution in [3.63, 3.8) is 0 Å². The number of phenols is 1. The summed E-state index contributed by atoms with van der Waals surface area (Å²) < 4.78 is 0. The number of hydrogen-bond donors (Lipinski definition) is 5. The Morgan fingerprint density at radius 1 is 1.00 bits per heavy atom. The third-order valence-electron chi connectivity index (χ3n) is 4.93. The smallest absolute Gasteiger partial charge is 0.326 e. The summed E-state index contributed by atoms with van der Waals surface area (Å²) in [6.45, 7) is 9.69. The van der Waals surface area contributed by atoms with E-state index in [0.717, 1.165) is 0 Å². The molecule has 6 N–H and O–H groups in total. The van der Waals surface area contributed by atoms with Gasteiger partial charge in [0.15, 0.2) is 0 Å². The highest BCUT2D eigenvalue weighted by Crippen LogP contribution is 2.25. The van der Waals surface area contributed by atoms with Gasteiger partial charge >= 0.3 is 5.97 Å². The molecule has 1 aromatic rings. The molecule has 0 spiro atoms. The molecule has 0 aliphatic rings. The second-order valence-corrected chi connectivity index (χ2v) is 9.12. The summed E-state index contributed by atoms with van der Waals surface area (Å²) in [6.07, 6.45) is 0.418. The first kappa shape index (κ1) is 25.4. The van der Waals surface area contributed by atoms with Gasteiger partial charge in [-0.25, -0.2) is 4.79 Å². The van der Waals surface area contributed by atoms with Gasteiger partial charge in [-0.3, -0.25) is 9.59 Å². The molecule has 0 bridgehead atoms. The Labute approximate surface area is 178 Å². The van der Waals surface area contributed by atoms with E-state index in [4.69, 9.17) is 5.73 Å². The van der Waals surface area contributed by atoms with Crippen LogP contribution in [0.2, 0.25) is 0 Å². The Kier molecular flexibility index (Phi) is 9.29. The minimum atomic E-state index is -1.18. The molecular weight excluding hydrogens is 386 g/mol. The van der Waals surface area contributed by atoms with E-state index < -0.39 is 29.9 Å². The summed E-state index contributed by atoms with van der Waals surface area (Å²) in [5.41, 5.74) is 6.05. The van der Waals surface area contributed by atoms with Crippen molar-refractivity contribution in [3.8, 4) is 5.75 Å². The van der Waals surface area contributed by atoms with Gasteiger partial charge in [0.05, 0.1) is 5.92 Å². The molecule has 30 heavy (non-hydrogen) atoms. The van der Waals surface area contributed by atoms with Gasteiger partial charge in [-0.15, -0.1) is 0 Å². The van der Waals surface area contributed by atoms with Crippen molar-refractivity contribution in [1.82, 2.24) is 10.6 Å². The summed E-state index contributed by atoms with van der Waals surface area (Å²) in [5.74, 6) is -2.35. The molecule has 0 aliphatic heterocycles.